The lowest BCUT2D eigenvalue weighted by Gasteiger charge is -2.11. The molecule has 0 N–H and O–H groups in total. The first-order chi connectivity index (χ1) is 13.3. The monoisotopic (exact) mass is 408 g/mol. The van der Waals surface area contributed by atoms with Gasteiger partial charge < -0.3 is 0 Å². The van der Waals surface area contributed by atoms with Gasteiger partial charge in [-0.3, -0.25) is 0 Å². The Morgan fingerprint density at radius 2 is 1.78 bits per heavy atom. The van der Waals surface area contributed by atoms with Gasteiger partial charge in [-0.05, 0) is 61.1 Å². The van der Waals surface area contributed by atoms with Crippen molar-refractivity contribution in [2.24, 2.45) is 4.99 Å². The molecule has 27 heavy (non-hydrogen) atoms. The Morgan fingerprint density at radius 3 is 2.63 bits per heavy atom. The van der Waals surface area contributed by atoms with Crippen molar-refractivity contribution >= 4 is 55.7 Å². The summed E-state index contributed by atoms with van der Waals surface area (Å²) in [7, 11) is 0. The second-order valence-corrected chi connectivity index (χ2v) is 9.24. The van der Waals surface area contributed by atoms with Crippen LogP contribution in [0.25, 0.3) is 20.8 Å². The molecule has 4 aromatic rings. The first-order valence-electron chi connectivity index (χ1n) is 9.08. The van der Waals surface area contributed by atoms with E-state index in [1.54, 1.807) is 11.3 Å². The molecular formula is C22H17ClN2S2. The van der Waals surface area contributed by atoms with E-state index in [1.165, 1.54) is 33.5 Å². The van der Waals surface area contributed by atoms with Crippen molar-refractivity contribution in [2.75, 3.05) is 0 Å². The third-order valence-corrected chi connectivity index (χ3v) is 7.37. The predicted molar refractivity (Wildman–Crippen MR) is 118 cm³/mol. The van der Waals surface area contributed by atoms with Crippen LogP contribution in [0.1, 0.15) is 28.8 Å². The molecule has 2 nitrogen and oxygen atoms in total. The molecule has 2 heterocycles. The predicted octanol–water partition coefficient (Wildman–Crippen LogP) is 7.31. The minimum atomic E-state index is 0.744. The number of thiophene rings is 1. The van der Waals surface area contributed by atoms with E-state index in [0.717, 1.165) is 39.0 Å². The molecule has 2 aromatic carbocycles. The van der Waals surface area contributed by atoms with Crippen molar-refractivity contribution in [1.82, 2.24) is 4.98 Å². The Kier molecular flexibility index (Phi) is 4.56. The van der Waals surface area contributed by atoms with Gasteiger partial charge in [0.25, 0.3) is 0 Å². The van der Waals surface area contributed by atoms with Crippen LogP contribution in [-0.4, -0.2) is 11.2 Å². The van der Waals surface area contributed by atoms with Crippen LogP contribution in [0.2, 0.25) is 5.02 Å². The standard InChI is InChI=1S/C22H17ClN2S2/c23-15-11-9-14(10-12-15)13-24-21-20(16-5-1-3-7-18(16)26-21)22-25-17-6-2-4-8-19(17)27-22/h2,4,6,8-13H,1,3,5,7H2/b24-13+. The second-order valence-electron chi connectivity index (χ2n) is 6.69. The molecule has 0 radical (unpaired) electrons. The van der Waals surface area contributed by atoms with Crippen LogP contribution in [0.5, 0.6) is 0 Å². The summed E-state index contributed by atoms with van der Waals surface area (Å²) in [5, 5.41) is 2.92. The van der Waals surface area contributed by atoms with Crippen LogP contribution < -0.4 is 0 Å². The van der Waals surface area contributed by atoms with Gasteiger partial charge in [-0.15, -0.1) is 22.7 Å². The third-order valence-electron chi connectivity index (χ3n) is 4.86. The SMILES string of the molecule is Clc1ccc(/C=N/c2sc3c(c2-c2nc4ccccc4s2)CCCC3)cc1. The van der Waals surface area contributed by atoms with Gasteiger partial charge in [-0.25, -0.2) is 9.98 Å². The topological polar surface area (TPSA) is 25.2 Å². The first kappa shape index (κ1) is 17.1. The fourth-order valence-electron chi connectivity index (χ4n) is 3.52. The quantitative estimate of drug-likeness (QED) is 0.326. The molecule has 134 valence electrons. The van der Waals surface area contributed by atoms with Gasteiger partial charge in [0.2, 0.25) is 0 Å². The highest BCUT2D eigenvalue weighted by atomic mass is 35.5. The average molecular weight is 409 g/mol. The van der Waals surface area contributed by atoms with E-state index in [1.807, 2.05) is 41.8 Å². The van der Waals surface area contributed by atoms with Crippen LogP contribution >= 0.6 is 34.3 Å². The summed E-state index contributed by atoms with van der Waals surface area (Å²) in [5.74, 6) is 0. The molecule has 5 heteroatoms. The number of halogens is 1. The number of para-hydroxylation sites is 1. The summed E-state index contributed by atoms with van der Waals surface area (Å²) in [6.07, 6.45) is 6.75. The number of hydrogen-bond donors (Lipinski definition) is 0. The van der Waals surface area contributed by atoms with Crippen molar-refractivity contribution in [3.8, 4) is 10.6 Å². The van der Waals surface area contributed by atoms with E-state index in [2.05, 4.69) is 24.3 Å². The zero-order chi connectivity index (χ0) is 18.2. The highest BCUT2D eigenvalue weighted by Crippen LogP contribution is 2.47. The van der Waals surface area contributed by atoms with Crippen molar-refractivity contribution in [3.05, 3.63) is 69.6 Å². The van der Waals surface area contributed by atoms with Gasteiger partial charge >= 0.3 is 0 Å². The maximum atomic E-state index is 5.99. The Bertz CT molecular complexity index is 1110. The fourth-order valence-corrected chi connectivity index (χ4v) is 5.99. The number of nitrogens with zero attached hydrogens (tertiary/aromatic N) is 2. The zero-order valence-electron chi connectivity index (χ0n) is 14.6. The Balaban J connectivity index is 1.62. The van der Waals surface area contributed by atoms with Crippen molar-refractivity contribution in [2.45, 2.75) is 25.7 Å². The lowest BCUT2D eigenvalue weighted by Crippen LogP contribution is -1.99. The molecule has 0 amide bonds. The second kappa shape index (κ2) is 7.19. The van der Waals surface area contributed by atoms with Gasteiger partial charge in [0.15, 0.2) is 0 Å². The minimum Gasteiger partial charge on any atom is -0.245 e. The third kappa shape index (κ3) is 3.33. The molecule has 5 rings (SSSR count). The molecule has 0 atom stereocenters. The van der Waals surface area contributed by atoms with Crippen LogP contribution in [0.4, 0.5) is 5.00 Å². The molecular weight excluding hydrogens is 392 g/mol. The molecule has 0 fully saturated rings. The van der Waals surface area contributed by atoms with E-state index >= 15 is 0 Å². The molecule has 0 unspecified atom stereocenters. The van der Waals surface area contributed by atoms with E-state index in [9.17, 15) is 0 Å². The Hall–Kier alpha value is -2.01. The van der Waals surface area contributed by atoms with E-state index in [0.29, 0.717) is 0 Å². The largest absolute Gasteiger partial charge is 0.245 e. The van der Waals surface area contributed by atoms with Crippen LogP contribution in [0, 0.1) is 0 Å². The summed E-state index contributed by atoms with van der Waals surface area (Å²) in [6.45, 7) is 0. The van der Waals surface area contributed by atoms with E-state index in [-0.39, 0.29) is 0 Å². The van der Waals surface area contributed by atoms with Crippen molar-refractivity contribution in [3.63, 3.8) is 0 Å². The van der Waals surface area contributed by atoms with Gasteiger partial charge in [-0.2, -0.15) is 0 Å². The number of aryl methyl sites for hydroxylation is 1. The number of aromatic nitrogens is 1. The first-order valence-corrected chi connectivity index (χ1v) is 11.1. The number of aliphatic imine (C=N–C) groups is 1. The number of benzene rings is 2. The number of rotatable bonds is 3. The van der Waals surface area contributed by atoms with Gasteiger partial charge in [0.1, 0.15) is 10.0 Å². The molecule has 0 saturated heterocycles. The summed E-state index contributed by atoms with van der Waals surface area (Å²) >= 11 is 9.59. The highest BCUT2D eigenvalue weighted by molar-refractivity contribution is 7.22. The van der Waals surface area contributed by atoms with E-state index < -0.39 is 0 Å². The molecule has 0 aliphatic heterocycles. The fraction of sp³-hybridized carbons (Fsp3) is 0.182. The smallest absolute Gasteiger partial charge is 0.127 e. The van der Waals surface area contributed by atoms with Crippen LogP contribution in [0.3, 0.4) is 0 Å². The molecule has 0 saturated carbocycles. The summed E-state index contributed by atoms with van der Waals surface area (Å²) < 4.78 is 1.23. The van der Waals surface area contributed by atoms with Crippen LogP contribution in [0.15, 0.2) is 53.5 Å². The summed E-state index contributed by atoms with van der Waals surface area (Å²) in [4.78, 5) is 11.3. The number of thiazole rings is 1. The number of hydrogen-bond acceptors (Lipinski definition) is 4. The number of fused-ring (bicyclic) bond motifs is 2. The van der Waals surface area contributed by atoms with Gasteiger partial charge in [0.05, 0.1) is 15.8 Å². The normalized spacial score (nSPS) is 14.1. The maximum Gasteiger partial charge on any atom is 0.127 e. The Labute approximate surface area is 171 Å². The summed E-state index contributed by atoms with van der Waals surface area (Å²) in [5.41, 5.74) is 4.84. The summed E-state index contributed by atoms with van der Waals surface area (Å²) in [6, 6.07) is 16.2. The maximum absolute atomic E-state index is 5.99. The Morgan fingerprint density at radius 1 is 0.963 bits per heavy atom. The zero-order valence-corrected chi connectivity index (χ0v) is 17.0. The average Bonchev–Trinajstić information content (AvgIpc) is 3.28. The molecule has 1 aliphatic carbocycles. The minimum absolute atomic E-state index is 0.744. The van der Waals surface area contributed by atoms with Gasteiger partial charge in [0, 0.05) is 16.1 Å². The molecule has 1 aliphatic rings. The molecule has 0 spiro atoms. The lowest BCUT2D eigenvalue weighted by atomic mass is 9.96. The lowest BCUT2D eigenvalue weighted by molar-refractivity contribution is 0.698. The van der Waals surface area contributed by atoms with E-state index in [4.69, 9.17) is 21.6 Å². The van der Waals surface area contributed by atoms with Gasteiger partial charge in [-0.1, -0.05) is 35.9 Å². The molecule has 0 bridgehead atoms. The highest BCUT2D eigenvalue weighted by Gasteiger charge is 2.23. The molecule has 2 aromatic heterocycles. The van der Waals surface area contributed by atoms with Crippen LogP contribution in [-0.2, 0) is 12.8 Å². The van der Waals surface area contributed by atoms with Crippen molar-refractivity contribution in [1.29, 1.82) is 0 Å². The van der Waals surface area contributed by atoms with Crippen molar-refractivity contribution < 1.29 is 0 Å².